The molecule has 21 nitrogen and oxygen atoms in total. The van der Waals surface area contributed by atoms with Gasteiger partial charge in [0, 0.05) is 77.1 Å². The minimum Gasteiger partial charge on any atom is -0.387 e. The molecule has 2 unspecified atom stereocenters. The second kappa shape index (κ2) is 15.8. The molecule has 25 heteroatoms. The van der Waals surface area contributed by atoms with Gasteiger partial charge in [-0.1, -0.05) is 6.08 Å². The predicted octanol–water partition coefficient (Wildman–Crippen LogP) is -3.45. The van der Waals surface area contributed by atoms with Crippen LogP contribution in [0.2, 0.25) is 0 Å². The molecule has 2 saturated heterocycles. The third kappa shape index (κ3) is 8.64. The van der Waals surface area contributed by atoms with E-state index >= 15 is 0 Å². The predicted molar refractivity (Wildman–Crippen MR) is 153 cm³/mol. The van der Waals surface area contributed by atoms with E-state index in [1.165, 1.54) is 28.2 Å². The molecule has 5 rings (SSSR count). The third-order valence-electron chi connectivity index (χ3n) is 6.88. The fraction of sp³-hybridized carbons (Fsp3) is 0.524. The quantitative estimate of drug-likeness (QED) is 0.0830. The fourth-order valence-corrected chi connectivity index (χ4v) is 6.77. The average molecular weight is 711 g/mol. The number of aliphatic hydroxyl groups is 4. The van der Waals surface area contributed by atoms with Crippen molar-refractivity contribution in [3.8, 4) is 0 Å². The Kier molecular flexibility index (Phi) is 13.6. The molecule has 3 aliphatic heterocycles. The smallest absolute Gasteiger partial charge is 0.387 e. The van der Waals surface area contributed by atoms with Crippen LogP contribution < -0.4 is 11.5 Å². The van der Waals surface area contributed by atoms with Crippen molar-refractivity contribution in [2.75, 3.05) is 18.9 Å². The number of nitrogen functional groups attached to an aromatic ring is 1. The van der Waals surface area contributed by atoms with Crippen molar-refractivity contribution in [1.29, 1.82) is 0 Å². The molecular weight excluding hydrogens is 682 g/mol. The summed E-state index contributed by atoms with van der Waals surface area (Å²) in [5, 5.41) is 41.6. The van der Waals surface area contributed by atoms with Gasteiger partial charge in [0.2, 0.25) is 5.91 Å². The van der Waals surface area contributed by atoms with Crippen LogP contribution in [0.4, 0.5) is 5.82 Å². The van der Waals surface area contributed by atoms with E-state index < -0.39 is 83.8 Å². The summed E-state index contributed by atoms with van der Waals surface area (Å²) in [5.74, 6) is -0.658. The summed E-state index contributed by atoms with van der Waals surface area (Å²) in [7, 11) is -10.7. The number of carbonyl (C=O) groups is 1. The van der Waals surface area contributed by atoms with Gasteiger partial charge in [-0.25, -0.2) is 24.1 Å². The van der Waals surface area contributed by atoms with Crippen LogP contribution in [0.5, 0.6) is 0 Å². The van der Waals surface area contributed by atoms with Gasteiger partial charge < -0.3 is 56.1 Å². The Morgan fingerprint density at radius 3 is 2.09 bits per heavy atom. The summed E-state index contributed by atoms with van der Waals surface area (Å²) in [6, 6.07) is 0. The molecule has 0 saturated carbocycles. The van der Waals surface area contributed by atoms with Crippen molar-refractivity contribution in [2.24, 2.45) is 5.73 Å². The molecule has 2 fully saturated rings. The number of hydrogen-bond donors (Lipinski definition) is 8. The number of fused-ring (bicyclic) bond motifs is 1. The van der Waals surface area contributed by atoms with Crippen LogP contribution in [0.25, 0.3) is 11.2 Å². The molecule has 0 aromatic carbocycles. The summed E-state index contributed by atoms with van der Waals surface area (Å²) < 4.78 is 50.8. The van der Waals surface area contributed by atoms with Crippen LogP contribution in [-0.2, 0) is 36.8 Å². The number of nitrogens with zero attached hydrogens (tertiary/aromatic N) is 5. The molecule has 244 valence electrons. The van der Waals surface area contributed by atoms with Crippen molar-refractivity contribution in [1.82, 2.24) is 24.4 Å². The zero-order valence-electron chi connectivity index (χ0n) is 24.4. The van der Waals surface area contributed by atoms with Gasteiger partial charge in [-0.3, -0.25) is 18.4 Å². The molecule has 5 heterocycles. The van der Waals surface area contributed by atoms with Gasteiger partial charge >= 0.3 is 15.6 Å². The van der Waals surface area contributed by atoms with Crippen molar-refractivity contribution in [2.45, 2.75) is 55.5 Å². The normalized spacial score (nSPS) is 31.9. The number of aromatic nitrogens is 4. The van der Waals surface area contributed by atoms with E-state index in [0.29, 0.717) is 0 Å². The van der Waals surface area contributed by atoms with E-state index in [1.807, 2.05) is 0 Å². The molecule has 0 aliphatic carbocycles. The Labute approximate surface area is 303 Å². The van der Waals surface area contributed by atoms with Gasteiger partial charge in [-0.2, -0.15) is 4.31 Å². The van der Waals surface area contributed by atoms with Crippen LogP contribution in [-0.4, -0.2) is 176 Å². The second-order valence-electron chi connectivity index (χ2n) is 9.84. The van der Waals surface area contributed by atoms with Crippen LogP contribution in [0.15, 0.2) is 36.7 Å². The molecule has 2 aromatic heterocycles. The number of nitrogens with two attached hydrogens (primary N) is 2. The zero-order valence-corrected chi connectivity index (χ0v) is 30.2. The molecular formula is C21H29N7Na2O14P2. The number of amides is 1. The van der Waals surface area contributed by atoms with E-state index in [4.69, 9.17) is 30.0 Å². The molecule has 10 N–H and O–H groups in total. The van der Waals surface area contributed by atoms with Gasteiger partial charge in [0.25, 0.3) is 0 Å². The van der Waals surface area contributed by atoms with Crippen molar-refractivity contribution in [3.63, 3.8) is 0 Å². The maximum Gasteiger partial charge on any atom is 0.481 e. The first-order chi connectivity index (χ1) is 20.7. The SMILES string of the molecule is NC(=O)C1=CN([C@H]2O[C@H](COP(=O)(O)OP(=O)(O)OC[C@H]3O[C@@H](n4cnc5c(N)ncnc54)[C@H](O)[C@@H]3O)[C@@H](O)[C@H]2O)C=CC1.[Na].[Na]. The number of hydrogen-bond acceptors (Lipinski definition) is 17. The molecule has 0 spiro atoms. The number of phosphoric ester groups is 2. The average Bonchev–Trinajstić information content (AvgIpc) is 3.61. The Hall–Kier alpha value is -0.880. The molecule has 0 bridgehead atoms. The number of ether oxygens (including phenoxy) is 2. The molecule has 46 heavy (non-hydrogen) atoms. The molecule has 10 atom stereocenters. The Morgan fingerprint density at radius 2 is 1.50 bits per heavy atom. The van der Waals surface area contributed by atoms with E-state index in [-0.39, 0.29) is 88.1 Å². The summed E-state index contributed by atoms with van der Waals surface area (Å²) in [6.07, 6.45) is -4.88. The third-order valence-corrected chi connectivity index (χ3v) is 9.48. The van der Waals surface area contributed by atoms with Crippen LogP contribution in [0.3, 0.4) is 0 Å². The van der Waals surface area contributed by atoms with Gasteiger partial charge in [0.15, 0.2) is 23.9 Å². The number of aliphatic hydroxyl groups excluding tert-OH is 4. The van der Waals surface area contributed by atoms with E-state index in [9.17, 15) is 44.1 Å². The topological polar surface area (TPSA) is 318 Å². The number of primary amides is 1. The van der Waals surface area contributed by atoms with Crippen molar-refractivity contribution >= 4 is 97.6 Å². The standard InChI is InChI=1S/C21H29N7O14P2.2Na/c22-17-12-19(25-7-24-17)28(8-26-12)21-16(32)14(30)11(41-21)6-39-44(36,37)42-43(34,35)38-5-10-13(29)15(31)20(40-10)27-3-1-2-9(4-27)18(23)33;;/h1,3-4,7-8,10-11,13-16,20-21,29-32H,2,5-6H2,(H2,23,33)(H,34,35)(H,36,37)(H2,22,24,25);;/t10-,11-,13-,14-,15-,16-,20+,21-;;/m1../s1. The van der Waals surface area contributed by atoms with Gasteiger partial charge in [0.05, 0.1) is 19.5 Å². The summed E-state index contributed by atoms with van der Waals surface area (Å²) in [6.45, 7) is -1.79. The number of rotatable bonds is 11. The first-order valence-corrected chi connectivity index (χ1v) is 15.7. The molecule has 2 radical (unpaired) electrons. The molecule has 2 aromatic rings. The molecule has 1 amide bonds. The first kappa shape index (κ1) is 39.6. The van der Waals surface area contributed by atoms with Crippen LogP contribution in [0, 0.1) is 0 Å². The van der Waals surface area contributed by atoms with Crippen molar-refractivity contribution < 1.29 is 67.0 Å². The van der Waals surface area contributed by atoms with E-state index in [2.05, 4.69) is 19.3 Å². The minimum atomic E-state index is -5.37. The number of carbonyl (C=O) groups excluding carboxylic acids is 1. The van der Waals surface area contributed by atoms with Gasteiger partial charge in [0.1, 0.15) is 48.5 Å². The summed E-state index contributed by atoms with van der Waals surface area (Å²) >= 11 is 0. The first-order valence-electron chi connectivity index (χ1n) is 12.7. The maximum atomic E-state index is 12.4. The van der Waals surface area contributed by atoms with Crippen LogP contribution >= 0.6 is 15.6 Å². The van der Waals surface area contributed by atoms with E-state index in [1.54, 1.807) is 6.08 Å². The number of imidazole rings is 1. The largest absolute Gasteiger partial charge is 0.481 e. The zero-order chi connectivity index (χ0) is 32.0. The van der Waals surface area contributed by atoms with Crippen LogP contribution in [0.1, 0.15) is 12.6 Å². The summed E-state index contributed by atoms with van der Waals surface area (Å²) in [4.78, 5) is 44.6. The van der Waals surface area contributed by atoms with Gasteiger partial charge in [-0.15, -0.1) is 0 Å². The molecule has 3 aliphatic rings. The number of allylic oxidation sites excluding steroid dienone is 1. The minimum absolute atomic E-state index is 0. The fourth-order valence-electron chi connectivity index (χ4n) is 4.68. The Bertz CT molecular complexity index is 1570. The van der Waals surface area contributed by atoms with Gasteiger partial charge in [-0.05, 0) is 6.42 Å². The maximum absolute atomic E-state index is 12.4. The monoisotopic (exact) mass is 711 g/mol. The summed E-state index contributed by atoms with van der Waals surface area (Å²) in [5.41, 5.74) is 11.6. The number of phosphoric acid groups is 2. The Morgan fingerprint density at radius 1 is 0.935 bits per heavy atom. The second-order valence-corrected chi connectivity index (χ2v) is 12.9. The van der Waals surface area contributed by atoms with Crippen molar-refractivity contribution in [3.05, 3.63) is 36.7 Å². The Balaban J connectivity index is 0.00000288. The number of anilines is 1. The van der Waals surface area contributed by atoms with E-state index in [0.717, 1.165) is 6.33 Å².